The first kappa shape index (κ1) is 28.0. The van der Waals surface area contributed by atoms with Gasteiger partial charge >= 0.3 is 0 Å². The molecule has 0 aliphatic rings. The summed E-state index contributed by atoms with van der Waals surface area (Å²) < 4.78 is 11.3. The Bertz CT molecular complexity index is 3070. The predicted octanol–water partition coefficient (Wildman–Crippen LogP) is 13.1. The molecule has 11 rings (SSSR count). The molecule has 0 unspecified atom stereocenters. The number of fused-ring (bicyclic) bond motifs is 10. The molecule has 0 N–H and O–H groups in total. The first-order valence-corrected chi connectivity index (χ1v) is 17.4. The Morgan fingerprint density at radius 3 is 1.65 bits per heavy atom. The lowest BCUT2D eigenvalue weighted by Gasteiger charge is -2.15. The number of hydrogen-bond donors (Lipinski definition) is 0. The number of benzene rings is 8. The molecule has 8 aromatic carbocycles. The molecule has 3 heterocycles. The van der Waals surface area contributed by atoms with E-state index < -0.39 is 0 Å². The molecular formula is C48H30N2O. The summed E-state index contributed by atoms with van der Waals surface area (Å²) in [5.74, 6) is 0. The first-order chi connectivity index (χ1) is 25.3. The Balaban J connectivity index is 1.30. The van der Waals surface area contributed by atoms with Crippen LogP contribution >= 0.6 is 0 Å². The SMILES string of the molecule is c1ccc(-c2cc(-c3ccccc3)cc(-n3c4ccccc4c4ccc5c(c6ccccc6n5-c5cccc6oc7ccccc7c56)c43)c2)cc1. The van der Waals surface area contributed by atoms with Crippen LogP contribution in [0.1, 0.15) is 0 Å². The van der Waals surface area contributed by atoms with Gasteiger partial charge in [-0.2, -0.15) is 0 Å². The van der Waals surface area contributed by atoms with Crippen LogP contribution in [0.2, 0.25) is 0 Å². The quantitative estimate of drug-likeness (QED) is 0.186. The van der Waals surface area contributed by atoms with Gasteiger partial charge in [0, 0.05) is 32.6 Å². The van der Waals surface area contributed by atoms with Crippen molar-refractivity contribution in [1.82, 2.24) is 9.13 Å². The van der Waals surface area contributed by atoms with Crippen molar-refractivity contribution >= 4 is 65.6 Å². The van der Waals surface area contributed by atoms with E-state index in [-0.39, 0.29) is 0 Å². The van der Waals surface area contributed by atoms with Crippen molar-refractivity contribution < 1.29 is 4.42 Å². The van der Waals surface area contributed by atoms with Crippen LogP contribution < -0.4 is 0 Å². The van der Waals surface area contributed by atoms with Crippen LogP contribution in [-0.4, -0.2) is 9.13 Å². The van der Waals surface area contributed by atoms with Crippen molar-refractivity contribution in [3.8, 4) is 33.6 Å². The van der Waals surface area contributed by atoms with E-state index in [0.717, 1.165) is 44.3 Å². The van der Waals surface area contributed by atoms with Crippen LogP contribution in [0.5, 0.6) is 0 Å². The van der Waals surface area contributed by atoms with Crippen molar-refractivity contribution in [1.29, 1.82) is 0 Å². The van der Waals surface area contributed by atoms with Gasteiger partial charge in [0.25, 0.3) is 0 Å². The van der Waals surface area contributed by atoms with Crippen molar-refractivity contribution in [2.75, 3.05) is 0 Å². The monoisotopic (exact) mass is 650 g/mol. The lowest BCUT2D eigenvalue weighted by Crippen LogP contribution is -1.97. The van der Waals surface area contributed by atoms with Crippen LogP contribution in [0.15, 0.2) is 186 Å². The van der Waals surface area contributed by atoms with Gasteiger partial charge in [-0.25, -0.2) is 0 Å². The highest BCUT2D eigenvalue weighted by Crippen LogP contribution is 2.44. The number of aromatic nitrogens is 2. The van der Waals surface area contributed by atoms with E-state index in [2.05, 4.69) is 185 Å². The topological polar surface area (TPSA) is 23.0 Å². The molecule has 11 aromatic rings. The molecule has 0 radical (unpaired) electrons. The molecule has 0 amide bonds. The van der Waals surface area contributed by atoms with E-state index in [0.29, 0.717) is 0 Å². The average Bonchev–Trinajstić information content (AvgIpc) is 3.86. The van der Waals surface area contributed by atoms with Gasteiger partial charge in [0.05, 0.1) is 33.1 Å². The Morgan fingerprint density at radius 1 is 0.333 bits per heavy atom. The number of rotatable bonds is 4. The fraction of sp³-hybridized carbons (Fsp3) is 0. The summed E-state index contributed by atoms with van der Waals surface area (Å²) in [6.07, 6.45) is 0. The molecule has 3 heteroatoms. The number of hydrogen-bond acceptors (Lipinski definition) is 1. The third-order valence-electron chi connectivity index (χ3n) is 10.5. The van der Waals surface area contributed by atoms with Gasteiger partial charge in [-0.1, -0.05) is 127 Å². The molecule has 0 bridgehead atoms. The molecule has 0 fully saturated rings. The van der Waals surface area contributed by atoms with Crippen molar-refractivity contribution in [2.45, 2.75) is 0 Å². The van der Waals surface area contributed by atoms with Crippen LogP contribution in [0, 0.1) is 0 Å². The lowest BCUT2D eigenvalue weighted by molar-refractivity contribution is 0.669. The second kappa shape index (κ2) is 10.8. The maximum Gasteiger partial charge on any atom is 0.137 e. The van der Waals surface area contributed by atoms with Gasteiger partial charge in [-0.15, -0.1) is 0 Å². The summed E-state index contributed by atoms with van der Waals surface area (Å²) >= 11 is 0. The highest BCUT2D eigenvalue weighted by Gasteiger charge is 2.23. The Labute approximate surface area is 293 Å². The van der Waals surface area contributed by atoms with Gasteiger partial charge in [0.15, 0.2) is 0 Å². The summed E-state index contributed by atoms with van der Waals surface area (Å²) in [6.45, 7) is 0. The molecule has 0 atom stereocenters. The van der Waals surface area contributed by atoms with E-state index >= 15 is 0 Å². The van der Waals surface area contributed by atoms with E-state index in [4.69, 9.17) is 4.42 Å². The summed E-state index contributed by atoms with van der Waals surface area (Å²) in [5.41, 5.74) is 13.5. The molecule has 51 heavy (non-hydrogen) atoms. The predicted molar refractivity (Wildman–Crippen MR) is 213 cm³/mol. The smallest absolute Gasteiger partial charge is 0.137 e. The van der Waals surface area contributed by atoms with Crippen LogP contribution in [0.25, 0.3) is 99.2 Å². The average molecular weight is 651 g/mol. The minimum atomic E-state index is 0.890. The Morgan fingerprint density at radius 2 is 0.922 bits per heavy atom. The minimum absolute atomic E-state index is 0.890. The second-order valence-corrected chi connectivity index (χ2v) is 13.3. The minimum Gasteiger partial charge on any atom is -0.456 e. The van der Waals surface area contributed by atoms with Crippen molar-refractivity contribution in [2.24, 2.45) is 0 Å². The number of furan rings is 1. The summed E-state index contributed by atoms with van der Waals surface area (Å²) in [4.78, 5) is 0. The van der Waals surface area contributed by atoms with Gasteiger partial charge in [-0.05, 0) is 76.9 Å². The third-order valence-corrected chi connectivity index (χ3v) is 10.5. The van der Waals surface area contributed by atoms with E-state index in [9.17, 15) is 0 Å². The molecule has 0 aliphatic heterocycles. The first-order valence-electron chi connectivity index (χ1n) is 17.4. The zero-order chi connectivity index (χ0) is 33.5. The maximum atomic E-state index is 6.38. The lowest BCUT2D eigenvalue weighted by atomic mass is 9.98. The fourth-order valence-corrected chi connectivity index (χ4v) is 8.31. The summed E-state index contributed by atoms with van der Waals surface area (Å²) in [7, 11) is 0. The van der Waals surface area contributed by atoms with Gasteiger partial charge in [-0.3, -0.25) is 0 Å². The van der Waals surface area contributed by atoms with E-state index in [1.165, 1.54) is 54.8 Å². The largest absolute Gasteiger partial charge is 0.456 e. The summed E-state index contributed by atoms with van der Waals surface area (Å²) in [6, 6.07) is 65.5. The van der Waals surface area contributed by atoms with E-state index in [1.807, 2.05) is 6.07 Å². The normalized spacial score (nSPS) is 11.9. The molecule has 3 aromatic heterocycles. The van der Waals surface area contributed by atoms with Gasteiger partial charge < -0.3 is 13.6 Å². The molecule has 238 valence electrons. The van der Waals surface area contributed by atoms with Crippen LogP contribution in [0.4, 0.5) is 0 Å². The van der Waals surface area contributed by atoms with Crippen molar-refractivity contribution in [3.05, 3.63) is 182 Å². The van der Waals surface area contributed by atoms with Crippen molar-refractivity contribution in [3.63, 3.8) is 0 Å². The van der Waals surface area contributed by atoms with Crippen LogP contribution in [-0.2, 0) is 0 Å². The molecule has 0 aliphatic carbocycles. The van der Waals surface area contributed by atoms with Crippen LogP contribution in [0.3, 0.4) is 0 Å². The molecule has 0 saturated heterocycles. The molecule has 0 spiro atoms. The zero-order valence-electron chi connectivity index (χ0n) is 27.6. The Kier molecular flexibility index (Phi) is 5.96. The maximum absolute atomic E-state index is 6.38. The molecule has 3 nitrogen and oxygen atoms in total. The second-order valence-electron chi connectivity index (χ2n) is 13.3. The third kappa shape index (κ3) is 4.12. The van der Waals surface area contributed by atoms with Gasteiger partial charge in [0.1, 0.15) is 11.2 Å². The standard InChI is InChI=1S/C48H30N2O/c1-3-14-31(15-4-1)33-28-34(32-16-5-2-6-17-32)30-35(29-33)49-40-21-10-7-18-36(40)37-26-27-43-47(48(37)49)38-19-8-11-22-41(38)50(43)42-23-13-25-45-46(42)39-20-9-12-24-44(39)51-45/h1-30H. The molecule has 0 saturated carbocycles. The molecular weight excluding hydrogens is 621 g/mol. The fourth-order valence-electron chi connectivity index (χ4n) is 8.31. The summed E-state index contributed by atoms with van der Waals surface area (Å²) in [5, 5.41) is 7.17. The highest BCUT2D eigenvalue weighted by molar-refractivity contribution is 6.26. The zero-order valence-corrected chi connectivity index (χ0v) is 27.6. The Hall–Kier alpha value is -6.84. The van der Waals surface area contributed by atoms with E-state index in [1.54, 1.807) is 0 Å². The number of nitrogens with zero attached hydrogens (tertiary/aromatic N) is 2. The number of para-hydroxylation sites is 3. The van der Waals surface area contributed by atoms with Gasteiger partial charge in [0.2, 0.25) is 0 Å². The highest BCUT2D eigenvalue weighted by atomic mass is 16.3.